The highest BCUT2D eigenvalue weighted by Crippen LogP contribution is 2.29. The maximum Gasteiger partial charge on any atom is 0.274 e. The van der Waals surface area contributed by atoms with Gasteiger partial charge in [-0.05, 0) is 25.1 Å². The topological polar surface area (TPSA) is 142 Å². The number of amides is 1. The van der Waals surface area contributed by atoms with Gasteiger partial charge in [-0.15, -0.1) is 0 Å². The van der Waals surface area contributed by atoms with Crippen LogP contribution >= 0.6 is 0 Å². The number of pyridine rings is 1. The number of imidazole rings is 1. The van der Waals surface area contributed by atoms with E-state index in [2.05, 4.69) is 35.1 Å². The zero-order chi connectivity index (χ0) is 21.4. The molecule has 10 nitrogen and oxygen atoms in total. The molecule has 4 heterocycles. The third kappa shape index (κ3) is 3.33. The second kappa shape index (κ2) is 7.48. The van der Waals surface area contributed by atoms with Gasteiger partial charge >= 0.3 is 0 Å². The van der Waals surface area contributed by atoms with Gasteiger partial charge in [0.1, 0.15) is 17.0 Å². The fraction of sp³-hybridized carbons (Fsp3) is 0.143. The molecule has 0 spiro atoms. The predicted molar refractivity (Wildman–Crippen MR) is 116 cm³/mol. The molecule has 0 aliphatic carbocycles. The fourth-order valence-electron chi connectivity index (χ4n) is 3.56. The summed E-state index contributed by atoms with van der Waals surface area (Å²) in [5.74, 6) is 0.731. The molecule has 5 aromatic rings. The lowest BCUT2D eigenvalue weighted by Crippen LogP contribution is -2.31. The first-order valence-electron chi connectivity index (χ1n) is 9.77. The molecule has 154 valence electrons. The van der Waals surface area contributed by atoms with Gasteiger partial charge in [-0.3, -0.25) is 14.9 Å². The standard InChI is InChI=1S/C21H19N9O/c1-2-30(21(31)16-10-23-7-8-24-16)11-17-27-18-13-4-3-12(14-5-6-25-29-14)9-15(13)26-20(22)19(18)28-17/h3-10H,2,11H2,1H3,(H2,22,26)(H,25,29)(H,27,28). The number of nitrogens with two attached hydrogens (primary N) is 1. The molecule has 0 unspecified atom stereocenters. The van der Waals surface area contributed by atoms with Crippen LogP contribution in [-0.2, 0) is 6.54 Å². The van der Waals surface area contributed by atoms with Crippen molar-refractivity contribution >= 4 is 33.7 Å². The lowest BCUT2D eigenvalue weighted by atomic mass is 10.1. The van der Waals surface area contributed by atoms with E-state index in [4.69, 9.17) is 5.73 Å². The van der Waals surface area contributed by atoms with Crippen LogP contribution in [0.15, 0.2) is 49.1 Å². The monoisotopic (exact) mass is 413 g/mol. The molecule has 0 aliphatic heterocycles. The first kappa shape index (κ1) is 18.7. The molecule has 5 rings (SSSR count). The number of anilines is 1. The summed E-state index contributed by atoms with van der Waals surface area (Å²) in [6.45, 7) is 2.68. The lowest BCUT2D eigenvalue weighted by molar-refractivity contribution is 0.0742. The van der Waals surface area contributed by atoms with E-state index in [1.165, 1.54) is 18.6 Å². The minimum atomic E-state index is -0.212. The molecule has 0 fully saturated rings. The number of aromatic amines is 2. The molecule has 4 N–H and O–H groups in total. The van der Waals surface area contributed by atoms with Gasteiger partial charge in [-0.1, -0.05) is 6.07 Å². The number of nitrogen functional groups attached to an aromatic ring is 1. The summed E-state index contributed by atoms with van der Waals surface area (Å²) in [4.78, 5) is 34.9. The highest BCUT2D eigenvalue weighted by atomic mass is 16.2. The minimum absolute atomic E-state index is 0.212. The largest absolute Gasteiger partial charge is 0.382 e. The Labute approximate surface area is 176 Å². The summed E-state index contributed by atoms with van der Waals surface area (Å²) in [5, 5.41) is 7.92. The molecule has 31 heavy (non-hydrogen) atoms. The summed E-state index contributed by atoms with van der Waals surface area (Å²) in [7, 11) is 0. The van der Waals surface area contributed by atoms with E-state index in [0.717, 1.165) is 27.7 Å². The smallest absolute Gasteiger partial charge is 0.274 e. The van der Waals surface area contributed by atoms with Gasteiger partial charge in [0.15, 0.2) is 5.82 Å². The lowest BCUT2D eigenvalue weighted by Gasteiger charge is -2.18. The van der Waals surface area contributed by atoms with Crippen molar-refractivity contribution in [2.24, 2.45) is 0 Å². The first-order chi connectivity index (χ1) is 15.1. The van der Waals surface area contributed by atoms with Crippen molar-refractivity contribution in [2.75, 3.05) is 12.3 Å². The molecule has 0 bridgehead atoms. The molecular weight excluding hydrogens is 394 g/mol. The third-order valence-corrected chi connectivity index (χ3v) is 5.09. The Kier molecular flexibility index (Phi) is 4.51. The number of nitrogens with zero attached hydrogens (tertiary/aromatic N) is 6. The van der Waals surface area contributed by atoms with Crippen molar-refractivity contribution in [3.63, 3.8) is 0 Å². The van der Waals surface area contributed by atoms with E-state index in [1.54, 1.807) is 11.1 Å². The van der Waals surface area contributed by atoms with Crippen LogP contribution in [0, 0.1) is 0 Å². The number of benzene rings is 1. The van der Waals surface area contributed by atoms with E-state index in [1.807, 2.05) is 31.2 Å². The number of H-pyrrole nitrogens is 2. The predicted octanol–water partition coefficient (Wildman–Crippen LogP) is 2.54. The minimum Gasteiger partial charge on any atom is -0.382 e. The van der Waals surface area contributed by atoms with Gasteiger partial charge < -0.3 is 15.6 Å². The molecule has 1 amide bonds. The van der Waals surface area contributed by atoms with Crippen LogP contribution in [0.4, 0.5) is 5.82 Å². The first-order valence-corrected chi connectivity index (χ1v) is 9.77. The maximum atomic E-state index is 12.8. The molecular formula is C21H19N9O. The van der Waals surface area contributed by atoms with Gasteiger partial charge in [-0.2, -0.15) is 5.10 Å². The van der Waals surface area contributed by atoms with Crippen LogP contribution in [-0.4, -0.2) is 52.5 Å². The van der Waals surface area contributed by atoms with Gasteiger partial charge in [0, 0.05) is 36.1 Å². The van der Waals surface area contributed by atoms with Crippen LogP contribution in [0.25, 0.3) is 33.2 Å². The molecule has 0 saturated heterocycles. The van der Waals surface area contributed by atoms with E-state index in [0.29, 0.717) is 23.7 Å². The van der Waals surface area contributed by atoms with Crippen molar-refractivity contribution in [3.8, 4) is 11.3 Å². The number of aromatic nitrogens is 7. The molecule has 1 aromatic carbocycles. The van der Waals surface area contributed by atoms with Gasteiger partial charge in [0.05, 0.1) is 29.5 Å². The highest BCUT2D eigenvalue weighted by Gasteiger charge is 2.19. The van der Waals surface area contributed by atoms with Crippen LogP contribution < -0.4 is 5.73 Å². The zero-order valence-electron chi connectivity index (χ0n) is 16.7. The molecule has 0 saturated carbocycles. The summed E-state index contributed by atoms with van der Waals surface area (Å²) in [6, 6.07) is 7.78. The Balaban J connectivity index is 1.52. The maximum absolute atomic E-state index is 12.8. The zero-order valence-corrected chi connectivity index (χ0v) is 16.7. The Hall–Kier alpha value is -4.34. The molecule has 0 aliphatic rings. The number of nitrogens with one attached hydrogen (secondary N) is 2. The third-order valence-electron chi connectivity index (χ3n) is 5.09. The Morgan fingerprint density at radius 1 is 1.19 bits per heavy atom. The summed E-state index contributed by atoms with van der Waals surface area (Å²) in [5.41, 5.74) is 10.4. The Bertz CT molecular complexity index is 1380. The Morgan fingerprint density at radius 3 is 2.84 bits per heavy atom. The number of hydrogen-bond donors (Lipinski definition) is 3. The fourth-order valence-corrected chi connectivity index (χ4v) is 3.56. The quantitative estimate of drug-likeness (QED) is 0.402. The number of carbonyl (C=O) groups is 1. The van der Waals surface area contributed by atoms with Crippen LogP contribution in [0.5, 0.6) is 0 Å². The van der Waals surface area contributed by atoms with Crippen molar-refractivity contribution in [1.82, 2.24) is 40.0 Å². The van der Waals surface area contributed by atoms with Crippen LogP contribution in [0.3, 0.4) is 0 Å². The Morgan fingerprint density at radius 2 is 2.10 bits per heavy atom. The second-order valence-corrected chi connectivity index (χ2v) is 7.01. The van der Waals surface area contributed by atoms with Crippen molar-refractivity contribution < 1.29 is 4.79 Å². The van der Waals surface area contributed by atoms with Crippen molar-refractivity contribution in [1.29, 1.82) is 0 Å². The van der Waals surface area contributed by atoms with Gasteiger partial charge in [0.25, 0.3) is 5.91 Å². The van der Waals surface area contributed by atoms with Crippen LogP contribution in [0.1, 0.15) is 23.2 Å². The molecule has 0 atom stereocenters. The number of fused-ring (bicyclic) bond motifs is 3. The van der Waals surface area contributed by atoms with Crippen molar-refractivity contribution in [2.45, 2.75) is 13.5 Å². The molecule has 0 radical (unpaired) electrons. The van der Waals surface area contributed by atoms with Gasteiger partial charge in [0.2, 0.25) is 0 Å². The van der Waals surface area contributed by atoms with Gasteiger partial charge in [-0.25, -0.2) is 15.0 Å². The van der Waals surface area contributed by atoms with Crippen LogP contribution in [0.2, 0.25) is 0 Å². The van der Waals surface area contributed by atoms with E-state index < -0.39 is 0 Å². The van der Waals surface area contributed by atoms with E-state index in [-0.39, 0.29) is 18.1 Å². The molecule has 10 heteroatoms. The number of rotatable bonds is 5. The van der Waals surface area contributed by atoms with Crippen molar-refractivity contribution in [3.05, 3.63) is 60.6 Å². The number of carbonyl (C=O) groups excluding carboxylic acids is 1. The average molecular weight is 413 g/mol. The summed E-state index contributed by atoms with van der Waals surface area (Å²) >= 11 is 0. The van der Waals surface area contributed by atoms with E-state index >= 15 is 0 Å². The second-order valence-electron chi connectivity index (χ2n) is 7.01. The summed E-state index contributed by atoms with van der Waals surface area (Å²) < 4.78 is 0. The summed E-state index contributed by atoms with van der Waals surface area (Å²) in [6.07, 6.45) is 6.26. The van der Waals surface area contributed by atoms with E-state index in [9.17, 15) is 4.79 Å². The molecule has 4 aromatic heterocycles. The number of hydrogen-bond acceptors (Lipinski definition) is 7. The normalized spacial score (nSPS) is 11.3. The highest BCUT2D eigenvalue weighted by molar-refractivity contribution is 6.07. The SMILES string of the molecule is CCN(Cc1nc2c(N)nc3cc(-c4cc[nH]n4)ccc3c2[nH]1)C(=O)c1cnccn1. The average Bonchev–Trinajstić information content (AvgIpc) is 3.48.